The summed E-state index contributed by atoms with van der Waals surface area (Å²) in [6.07, 6.45) is 0. The SMILES string of the molecule is CC(C(=O)O)N(C)C(=O)c1cccc(I)c1. The van der Waals surface area contributed by atoms with E-state index >= 15 is 0 Å². The molecule has 1 unspecified atom stereocenters. The molecule has 0 spiro atoms. The number of likely N-dealkylation sites (N-methyl/N-ethyl adjacent to an activating group) is 1. The molecule has 0 aliphatic heterocycles. The molecule has 0 heterocycles. The summed E-state index contributed by atoms with van der Waals surface area (Å²) in [5, 5.41) is 8.81. The second-order valence-electron chi connectivity index (χ2n) is 3.44. The van der Waals surface area contributed by atoms with Crippen molar-refractivity contribution < 1.29 is 14.7 Å². The number of carboxylic acids is 1. The molecule has 1 aromatic carbocycles. The van der Waals surface area contributed by atoms with Gasteiger partial charge in [-0.3, -0.25) is 4.79 Å². The van der Waals surface area contributed by atoms with Crippen LogP contribution in [0.25, 0.3) is 0 Å². The number of nitrogens with zero attached hydrogens (tertiary/aromatic N) is 1. The van der Waals surface area contributed by atoms with E-state index < -0.39 is 12.0 Å². The monoisotopic (exact) mass is 333 g/mol. The van der Waals surface area contributed by atoms with Crippen molar-refractivity contribution in [3.05, 3.63) is 33.4 Å². The lowest BCUT2D eigenvalue weighted by Crippen LogP contribution is -2.40. The molecule has 0 saturated carbocycles. The Morgan fingerprint density at radius 1 is 1.44 bits per heavy atom. The number of carbonyl (C=O) groups excluding carboxylic acids is 1. The van der Waals surface area contributed by atoms with Gasteiger partial charge in [-0.15, -0.1) is 0 Å². The number of hydrogen-bond acceptors (Lipinski definition) is 2. The highest BCUT2D eigenvalue weighted by Gasteiger charge is 2.22. The van der Waals surface area contributed by atoms with Gasteiger partial charge in [-0.1, -0.05) is 6.07 Å². The van der Waals surface area contributed by atoms with Crippen LogP contribution in [-0.4, -0.2) is 35.0 Å². The average molecular weight is 333 g/mol. The van der Waals surface area contributed by atoms with Crippen molar-refractivity contribution in [2.75, 3.05) is 7.05 Å². The van der Waals surface area contributed by atoms with Gasteiger partial charge in [0.05, 0.1) is 0 Å². The summed E-state index contributed by atoms with van der Waals surface area (Å²) in [6.45, 7) is 1.48. The van der Waals surface area contributed by atoms with Gasteiger partial charge in [0.15, 0.2) is 0 Å². The first-order valence-electron chi connectivity index (χ1n) is 4.69. The third kappa shape index (κ3) is 2.94. The van der Waals surface area contributed by atoms with Crippen LogP contribution in [0.5, 0.6) is 0 Å². The molecule has 0 fully saturated rings. The van der Waals surface area contributed by atoms with E-state index in [1.807, 2.05) is 6.07 Å². The molecular formula is C11H12INO3. The molecule has 4 nitrogen and oxygen atoms in total. The van der Waals surface area contributed by atoms with Gasteiger partial charge in [-0.2, -0.15) is 0 Å². The minimum absolute atomic E-state index is 0.284. The Bertz CT molecular complexity index is 419. The Balaban J connectivity index is 2.90. The van der Waals surface area contributed by atoms with Crippen LogP contribution in [0.1, 0.15) is 17.3 Å². The molecule has 1 atom stereocenters. The molecule has 0 bridgehead atoms. The summed E-state index contributed by atoms with van der Waals surface area (Å²) in [7, 11) is 1.49. The Morgan fingerprint density at radius 2 is 2.06 bits per heavy atom. The topological polar surface area (TPSA) is 57.6 Å². The molecule has 0 radical (unpaired) electrons. The van der Waals surface area contributed by atoms with Gasteiger partial charge < -0.3 is 10.0 Å². The molecule has 0 aromatic heterocycles. The van der Waals surface area contributed by atoms with E-state index in [0.717, 1.165) is 3.57 Å². The molecule has 16 heavy (non-hydrogen) atoms. The standard InChI is InChI=1S/C11H12INO3/c1-7(11(15)16)13(2)10(14)8-4-3-5-9(12)6-8/h3-7H,1-2H3,(H,15,16). The van der Waals surface area contributed by atoms with Gasteiger partial charge in [-0.05, 0) is 47.7 Å². The third-order valence-electron chi connectivity index (χ3n) is 2.33. The zero-order valence-electron chi connectivity index (χ0n) is 8.98. The van der Waals surface area contributed by atoms with E-state index in [1.165, 1.54) is 18.9 Å². The fourth-order valence-corrected chi connectivity index (χ4v) is 1.71. The largest absolute Gasteiger partial charge is 0.480 e. The number of hydrogen-bond donors (Lipinski definition) is 1. The average Bonchev–Trinajstić information content (AvgIpc) is 2.26. The maximum absolute atomic E-state index is 11.9. The second-order valence-corrected chi connectivity index (χ2v) is 4.69. The van der Waals surface area contributed by atoms with Crippen LogP contribution in [0.4, 0.5) is 0 Å². The van der Waals surface area contributed by atoms with Crippen molar-refractivity contribution in [1.29, 1.82) is 0 Å². The lowest BCUT2D eigenvalue weighted by atomic mass is 10.2. The third-order valence-corrected chi connectivity index (χ3v) is 3.00. The summed E-state index contributed by atoms with van der Waals surface area (Å²) >= 11 is 2.11. The smallest absolute Gasteiger partial charge is 0.326 e. The van der Waals surface area contributed by atoms with E-state index in [9.17, 15) is 9.59 Å². The second kappa shape index (κ2) is 5.29. The first-order valence-corrected chi connectivity index (χ1v) is 5.77. The van der Waals surface area contributed by atoms with Crippen molar-refractivity contribution in [2.45, 2.75) is 13.0 Å². The minimum atomic E-state index is -1.01. The fourth-order valence-electron chi connectivity index (χ4n) is 1.17. The Morgan fingerprint density at radius 3 is 2.56 bits per heavy atom. The minimum Gasteiger partial charge on any atom is -0.480 e. The Hall–Kier alpha value is -1.11. The molecule has 1 rings (SSSR count). The van der Waals surface area contributed by atoms with E-state index in [-0.39, 0.29) is 5.91 Å². The van der Waals surface area contributed by atoms with Gasteiger partial charge in [-0.25, -0.2) is 4.79 Å². The van der Waals surface area contributed by atoms with E-state index in [2.05, 4.69) is 22.6 Å². The fraction of sp³-hybridized carbons (Fsp3) is 0.273. The van der Waals surface area contributed by atoms with Crippen LogP contribution in [0, 0.1) is 3.57 Å². The summed E-state index contributed by atoms with van der Waals surface area (Å²) in [6, 6.07) is 6.22. The zero-order valence-corrected chi connectivity index (χ0v) is 11.1. The molecule has 1 N–H and O–H groups in total. The van der Waals surface area contributed by atoms with Crippen LogP contribution < -0.4 is 0 Å². The maximum atomic E-state index is 11.9. The highest BCUT2D eigenvalue weighted by atomic mass is 127. The molecule has 1 aromatic rings. The number of carboxylic acid groups (broad SMARTS) is 1. The predicted octanol–water partition coefficient (Wildman–Crippen LogP) is 1.84. The van der Waals surface area contributed by atoms with Crippen molar-refractivity contribution >= 4 is 34.5 Å². The van der Waals surface area contributed by atoms with Gasteiger partial charge in [0.25, 0.3) is 5.91 Å². The number of benzene rings is 1. The quantitative estimate of drug-likeness (QED) is 0.859. The predicted molar refractivity (Wildman–Crippen MR) is 68.4 cm³/mol. The summed E-state index contributed by atoms with van der Waals surface area (Å²) in [4.78, 5) is 23.9. The molecule has 5 heteroatoms. The van der Waals surface area contributed by atoms with Crippen molar-refractivity contribution in [2.24, 2.45) is 0 Å². The van der Waals surface area contributed by atoms with Crippen LogP contribution in [-0.2, 0) is 4.79 Å². The molecule has 86 valence electrons. The van der Waals surface area contributed by atoms with Gasteiger partial charge >= 0.3 is 5.97 Å². The highest BCUT2D eigenvalue weighted by molar-refractivity contribution is 14.1. The number of amides is 1. The number of carbonyl (C=O) groups is 2. The first kappa shape index (κ1) is 13.0. The van der Waals surface area contributed by atoms with Crippen molar-refractivity contribution in [3.8, 4) is 0 Å². The van der Waals surface area contributed by atoms with Crippen LogP contribution in [0.2, 0.25) is 0 Å². The Labute approximate surface area is 107 Å². The van der Waals surface area contributed by atoms with Crippen LogP contribution >= 0.6 is 22.6 Å². The van der Waals surface area contributed by atoms with Crippen molar-refractivity contribution in [1.82, 2.24) is 4.90 Å². The summed E-state index contributed by atoms with van der Waals surface area (Å²) in [5.41, 5.74) is 0.502. The van der Waals surface area contributed by atoms with Gasteiger partial charge in [0.2, 0.25) is 0 Å². The normalized spacial score (nSPS) is 11.9. The molecule has 0 aliphatic carbocycles. The first-order chi connectivity index (χ1) is 7.43. The number of rotatable bonds is 3. The lowest BCUT2D eigenvalue weighted by molar-refractivity contribution is -0.141. The molecule has 0 saturated heterocycles. The van der Waals surface area contributed by atoms with Crippen LogP contribution in [0.3, 0.4) is 0 Å². The maximum Gasteiger partial charge on any atom is 0.326 e. The molecular weight excluding hydrogens is 321 g/mol. The van der Waals surface area contributed by atoms with Gasteiger partial charge in [0.1, 0.15) is 6.04 Å². The van der Waals surface area contributed by atoms with Gasteiger partial charge in [0, 0.05) is 16.2 Å². The Kier molecular flexibility index (Phi) is 4.28. The zero-order chi connectivity index (χ0) is 12.3. The number of aliphatic carboxylic acids is 1. The van der Waals surface area contributed by atoms with E-state index in [4.69, 9.17) is 5.11 Å². The van der Waals surface area contributed by atoms with E-state index in [0.29, 0.717) is 5.56 Å². The van der Waals surface area contributed by atoms with Crippen LogP contribution in [0.15, 0.2) is 24.3 Å². The highest BCUT2D eigenvalue weighted by Crippen LogP contribution is 2.11. The lowest BCUT2D eigenvalue weighted by Gasteiger charge is -2.21. The molecule has 1 amide bonds. The molecule has 0 aliphatic rings. The number of halogens is 1. The summed E-state index contributed by atoms with van der Waals surface area (Å²) < 4.78 is 0.944. The van der Waals surface area contributed by atoms with Crippen molar-refractivity contribution in [3.63, 3.8) is 0 Å². The van der Waals surface area contributed by atoms with E-state index in [1.54, 1.807) is 18.2 Å². The summed E-state index contributed by atoms with van der Waals surface area (Å²) in [5.74, 6) is -1.30.